The van der Waals surface area contributed by atoms with Crippen molar-refractivity contribution in [1.29, 1.82) is 0 Å². The summed E-state index contributed by atoms with van der Waals surface area (Å²) in [7, 11) is 0. The van der Waals surface area contributed by atoms with Gasteiger partial charge in [-0.2, -0.15) is 0 Å². The number of ether oxygens (including phenoxy) is 4. The second-order valence-corrected chi connectivity index (χ2v) is 18.8. The molecule has 5 aliphatic rings. The Kier molecular flexibility index (Phi) is 10.4. The van der Waals surface area contributed by atoms with Crippen LogP contribution >= 0.6 is 0 Å². The van der Waals surface area contributed by atoms with Crippen LogP contribution in [0.25, 0.3) is 6.08 Å². The molecule has 0 unspecified atom stereocenters. The SMILES string of the molecule is C=C(C)[C@@H]1CC[C@]2(COC(C)=O)CC[C@]3(C)[C@H](CC[C@@H]4[C@@]5(C)CC[C@H](OC(=O)/C=C/c6ccc(OC(C)=O)c(OC(C)=O)c6)C(C)(C)[C@H]5CC[C@]43C)[C@@H]12. The Bertz CT molecular complexity index is 1690. The Morgan fingerprint density at radius 3 is 2.11 bits per heavy atom. The first-order valence-corrected chi connectivity index (χ1v) is 20.0. The van der Waals surface area contributed by atoms with Crippen LogP contribution in [-0.4, -0.2) is 36.6 Å². The lowest BCUT2D eigenvalue weighted by Crippen LogP contribution is -2.67. The lowest BCUT2D eigenvalue weighted by atomic mass is 9.32. The van der Waals surface area contributed by atoms with Gasteiger partial charge in [0.2, 0.25) is 0 Å². The molecule has 8 nitrogen and oxygen atoms in total. The molecular formula is C45H62O8. The van der Waals surface area contributed by atoms with Crippen LogP contribution in [0.5, 0.6) is 11.5 Å². The molecule has 0 bridgehead atoms. The van der Waals surface area contributed by atoms with Gasteiger partial charge in [0.1, 0.15) is 6.10 Å². The Hall–Kier alpha value is -3.42. The molecule has 5 fully saturated rings. The Labute approximate surface area is 316 Å². The van der Waals surface area contributed by atoms with Crippen LogP contribution in [0.2, 0.25) is 0 Å². The van der Waals surface area contributed by atoms with Gasteiger partial charge >= 0.3 is 23.9 Å². The summed E-state index contributed by atoms with van der Waals surface area (Å²) in [6, 6.07) is 4.79. The second-order valence-electron chi connectivity index (χ2n) is 18.8. The molecule has 0 heterocycles. The number of fused-ring (bicyclic) bond motifs is 7. The van der Waals surface area contributed by atoms with Crippen LogP contribution in [0.4, 0.5) is 0 Å². The molecule has 0 aliphatic heterocycles. The number of benzene rings is 1. The molecule has 5 saturated carbocycles. The largest absolute Gasteiger partial charge is 0.465 e. The van der Waals surface area contributed by atoms with Gasteiger partial charge in [-0.3, -0.25) is 14.4 Å². The van der Waals surface area contributed by atoms with E-state index in [1.165, 1.54) is 51.2 Å². The molecule has 0 amide bonds. The Morgan fingerprint density at radius 1 is 0.755 bits per heavy atom. The minimum absolute atomic E-state index is 0.0557. The van der Waals surface area contributed by atoms with E-state index >= 15 is 0 Å². The molecule has 1 aromatic carbocycles. The summed E-state index contributed by atoms with van der Waals surface area (Å²) in [6.45, 7) is 23.8. The third kappa shape index (κ3) is 6.68. The predicted molar refractivity (Wildman–Crippen MR) is 204 cm³/mol. The molecule has 0 aromatic heterocycles. The van der Waals surface area contributed by atoms with E-state index in [1.54, 1.807) is 31.2 Å². The molecular weight excluding hydrogens is 668 g/mol. The van der Waals surface area contributed by atoms with Crippen molar-refractivity contribution in [3.05, 3.63) is 42.0 Å². The first-order valence-electron chi connectivity index (χ1n) is 20.0. The summed E-state index contributed by atoms with van der Waals surface area (Å²) >= 11 is 0. The minimum Gasteiger partial charge on any atom is -0.465 e. The number of hydrogen-bond acceptors (Lipinski definition) is 8. The van der Waals surface area contributed by atoms with Gasteiger partial charge in [0.05, 0.1) is 6.61 Å². The van der Waals surface area contributed by atoms with Crippen molar-refractivity contribution in [2.24, 2.45) is 56.7 Å². The van der Waals surface area contributed by atoms with Crippen molar-refractivity contribution in [2.45, 2.75) is 133 Å². The molecule has 10 atom stereocenters. The lowest BCUT2D eigenvalue weighted by molar-refractivity contribution is -0.251. The van der Waals surface area contributed by atoms with Crippen molar-refractivity contribution >= 4 is 30.0 Å². The van der Waals surface area contributed by atoms with E-state index in [-0.39, 0.29) is 50.6 Å². The summed E-state index contributed by atoms with van der Waals surface area (Å²) in [4.78, 5) is 48.6. The van der Waals surface area contributed by atoms with Crippen molar-refractivity contribution in [2.75, 3.05) is 6.61 Å². The zero-order valence-electron chi connectivity index (χ0n) is 33.6. The van der Waals surface area contributed by atoms with E-state index in [4.69, 9.17) is 18.9 Å². The maximum absolute atomic E-state index is 13.3. The average Bonchev–Trinajstić information content (AvgIpc) is 3.45. The smallest absolute Gasteiger partial charge is 0.331 e. The molecule has 0 spiro atoms. The summed E-state index contributed by atoms with van der Waals surface area (Å²) in [5.41, 5.74) is 2.27. The van der Waals surface area contributed by atoms with Crippen molar-refractivity contribution in [3.8, 4) is 11.5 Å². The van der Waals surface area contributed by atoms with Gasteiger partial charge in [-0.1, -0.05) is 52.8 Å². The van der Waals surface area contributed by atoms with Crippen LogP contribution in [0.1, 0.15) is 132 Å². The number of carbonyl (C=O) groups is 4. The minimum atomic E-state index is -0.544. The molecule has 6 rings (SSSR count). The molecule has 1 aromatic rings. The summed E-state index contributed by atoms with van der Waals surface area (Å²) in [5, 5.41) is 0. The first-order chi connectivity index (χ1) is 24.8. The number of esters is 4. The predicted octanol–water partition coefficient (Wildman–Crippen LogP) is 9.68. The Morgan fingerprint density at radius 2 is 1.45 bits per heavy atom. The zero-order chi connectivity index (χ0) is 38.7. The molecule has 0 N–H and O–H groups in total. The standard InChI is InChI=1S/C45H62O8/c1-27(2)32-17-22-45(26-50-28(3)46)24-23-43(9)33(40(32)45)13-15-37-42(8)20-19-38(41(6,7)36(42)18-21-44(37,43)10)53-39(49)16-12-31-11-14-34(51-29(4)47)35(25-31)52-30(5)48/h11-12,14,16,25,32-33,36-38,40H,1,13,15,17-24,26H2,2-10H3/b16-12+/t32-,33+,36+,37+,38-,40+,42-,43+,44+,45+/m0/s1. The lowest BCUT2D eigenvalue weighted by Gasteiger charge is -2.73. The highest BCUT2D eigenvalue weighted by Crippen LogP contribution is 2.77. The monoisotopic (exact) mass is 730 g/mol. The third-order valence-corrected chi connectivity index (χ3v) is 15.9. The molecule has 5 aliphatic carbocycles. The quantitative estimate of drug-likeness (QED) is 0.113. The van der Waals surface area contributed by atoms with Crippen LogP contribution < -0.4 is 9.47 Å². The van der Waals surface area contributed by atoms with Crippen molar-refractivity contribution < 1.29 is 38.1 Å². The fourth-order valence-corrected chi connectivity index (χ4v) is 13.4. The molecule has 53 heavy (non-hydrogen) atoms. The zero-order valence-corrected chi connectivity index (χ0v) is 33.6. The number of allylic oxidation sites excluding steroid dienone is 1. The van der Waals surface area contributed by atoms with Crippen LogP contribution in [0, 0.1) is 56.7 Å². The van der Waals surface area contributed by atoms with Gasteiger partial charge in [0, 0.05) is 37.7 Å². The number of carbonyl (C=O) groups excluding carboxylic acids is 4. The molecule has 0 radical (unpaired) electrons. The van der Waals surface area contributed by atoms with E-state index in [0.717, 1.165) is 38.5 Å². The van der Waals surface area contributed by atoms with E-state index in [0.29, 0.717) is 41.8 Å². The third-order valence-electron chi connectivity index (χ3n) is 15.9. The fraction of sp³-hybridized carbons (Fsp3) is 0.689. The van der Waals surface area contributed by atoms with Gasteiger partial charge in [-0.05, 0) is 141 Å². The van der Waals surface area contributed by atoms with Gasteiger partial charge < -0.3 is 18.9 Å². The first kappa shape index (κ1) is 39.3. The second kappa shape index (κ2) is 14.0. The number of hydrogen-bond donors (Lipinski definition) is 0. The van der Waals surface area contributed by atoms with Gasteiger partial charge in [0.15, 0.2) is 11.5 Å². The highest BCUT2D eigenvalue weighted by atomic mass is 16.6. The average molecular weight is 731 g/mol. The van der Waals surface area contributed by atoms with E-state index in [1.807, 2.05) is 0 Å². The van der Waals surface area contributed by atoms with Crippen molar-refractivity contribution in [1.82, 2.24) is 0 Å². The normalized spacial score (nSPS) is 38.4. The molecule has 0 saturated heterocycles. The highest BCUT2D eigenvalue weighted by molar-refractivity contribution is 5.87. The topological polar surface area (TPSA) is 105 Å². The summed E-state index contributed by atoms with van der Waals surface area (Å²) in [6.07, 6.45) is 14.0. The maximum atomic E-state index is 13.3. The van der Waals surface area contributed by atoms with Crippen LogP contribution in [-0.2, 0) is 28.7 Å². The summed E-state index contributed by atoms with van der Waals surface area (Å²) in [5.74, 6) is 1.17. The van der Waals surface area contributed by atoms with Crippen LogP contribution in [0.15, 0.2) is 36.4 Å². The molecule has 8 heteroatoms. The van der Waals surface area contributed by atoms with Gasteiger partial charge in [-0.15, -0.1) is 0 Å². The van der Waals surface area contributed by atoms with Crippen LogP contribution in [0.3, 0.4) is 0 Å². The van der Waals surface area contributed by atoms with E-state index in [2.05, 4.69) is 48.1 Å². The van der Waals surface area contributed by atoms with E-state index in [9.17, 15) is 19.2 Å². The fourth-order valence-electron chi connectivity index (χ4n) is 13.4. The molecule has 290 valence electrons. The van der Waals surface area contributed by atoms with Gasteiger partial charge in [0.25, 0.3) is 0 Å². The Balaban J connectivity index is 1.19. The maximum Gasteiger partial charge on any atom is 0.331 e. The highest BCUT2D eigenvalue weighted by Gasteiger charge is 2.71. The summed E-state index contributed by atoms with van der Waals surface area (Å²) < 4.78 is 22.5. The number of rotatable bonds is 8. The van der Waals surface area contributed by atoms with Gasteiger partial charge in [-0.25, -0.2) is 4.79 Å². The van der Waals surface area contributed by atoms with Crippen molar-refractivity contribution in [3.63, 3.8) is 0 Å². The van der Waals surface area contributed by atoms with E-state index < -0.39 is 17.9 Å².